The van der Waals surface area contributed by atoms with Gasteiger partial charge in [-0.2, -0.15) is 13.2 Å². The lowest BCUT2D eigenvalue weighted by Crippen LogP contribution is -2.84. The SMILES string of the molecule is CC(C)(C)NCc1ccc(-c2c(Cl)cc(N=C(N)[NH+]=C(N)N)cc2C(F)(F)F)cc1. The smallest absolute Gasteiger partial charge is 0.323 e. The summed E-state index contributed by atoms with van der Waals surface area (Å²) in [6, 6.07) is 8.91. The number of alkyl halides is 3. The van der Waals surface area contributed by atoms with Crippen LogP contribution in [0.25, 0.3) is 11.1 Å². The minimum Gasteiger partial charge on any atom is -0.323 e. The van der Waals surface area contributed by atoms with E-state index in [-0.39, 0.29) is 33.7 Å². The van der Waals surface area contributed by atoms with Crippen molar-refractivity contribution >= 4 is 29.2 Å². The number of rotatable bonds is 4. The topological polar surface area (TPSA) is 116 Å². The van der Waals surface area contributed by atoms with E-state index in [9.17, 15) is 13.2 Å². The van der Waals surface area contributed by atoms with E-state index in [0.717, 1.165) is 11.6 Å². The maximum atomic E-state index is 13.8. The molecule has 2 rings (SSSR count). The zero-order chi connectivity index (χ0) is 22.7. The molecule has 0 saturated carbocycles. The summed E-state index contributed by atoms with van der Waals surface area (Å²) >= 11 is 6.23. The molecule has 0 atom stereocenters. The first kappa shape index (κ1) is 23.5. The van der Waals surface area contributed by atoms with Crippen molar-refractivity contribution in [1.29, 1.82) is 0 Å². The number of nitrogens with one attached hydrogen (secondary N) is 2. The first-order valence-electron chi connectivity index (χ1n) is 9.00. The molecule has 2 aromatic rings. The molecule has 30 heavy (non-hydrogen) atoms. The summed E-state index contributed by atoms with van der Waals surface area (Å²) in [7, 11) is 0. The van der Waals surface area contributed by atoms with Gasteiger partial charge >= 0.3 is 12.1 Å². The van der Waals surface area contributed by atoms with Crippen molar-refractivity contribution in [1.82, 2.24) is 5.32 Å². The van der Waals surface area contributed by atoms with Gasteiger partial charge in [0.25, 0.3) is 5.96 Å². The highest BCUT2D eigenvalue weighted by Crippen LogP contribution is 2.43. The van der Waals surface area contributed by atoms with Crippen molar-refractivity contribution in [3.63, 3.8) is 0 Å². The molecule has 10 heteroatoms. The third-order valence-electron chi connectivity index (χ3n) is 3.97. The molecule has 0 saturated heterocycles. The molecule has 8 N–H and O–H groups in total. The van der Waals surface area contributed by atoms with E-state index >= 15 is 0 Å². The van der Waals surface area contributed by atoms with E-state index < -0.39 is 11.7 Å². The normalized spacial score (nSPS) is 12.7. The average Bonchev–Trinajstić information content (AvgIpc) is 2.58. The number of benzene rings is 2. The van der Waals surface area contributed by atoms with Crippen LogP contribution in [0.1, 0.15) is 31.9 Å². The zero-order valence-corrected chi connectivity index (χ0v) is 17.6. The van der Waals surface area contributed by atoms with Crippen LogP contribution in [-0.4, -0.2) is 17.5 Å². The third kappa shape index (κ3) is 6.64. The summed E-state index contributed by atoms with van der Waals surface area (Å²) in [6.07, 6.45) is -4.65. The Balaban J connectivity index is 2.48. The molecule has 0 amide bonds. The van der Waals surface area contributed by atoms with Gasteiger partial charge in [0, 0.05) is 17.6 Å². The molecular weight excluding hydrogens is 417 g/mol. The van der Waals surface area contributed by atoms with Crippen molar-refractivity contribution in [2.75, 3.05) is 0 Å². The van der Waals surface area contributed by atoms with Crippen molar-refractivity contribution in [2.24, 2.45) is 22.2 Å². The molecular formula is C20H25ClF3N6+. The summed E-state index contributed by atoms with van der Waals surface area (Å²) in [6.45, 7) is 6.68. The standard InChI is InChI=1S/C20H24ClF3N6/c1-19(2,3)28-10-11-4-6-12(7-5-11)16-14(20(22,23)24)8-13(9-15(16)21)29-18(27)30-17(25)26/h4-9,28H,10H2,1-3H3,(H6,25,26,27,29,30)/p+1. The highest BCUT2D eigenvalue weighted by Gasteiger charge is 2.35. The van der Waals surface area contributed by atoms with E-state index in [1.54, 1.807) is 24.3 Å². The van der Waals surface area contributed by atoms with Gasteiger partial charge in [0.15, 0.2) is 0 Å². The Labute approximate surface area is 178 Å². The van der Waals surface area contributed by atoms with E-state index in [4.69, 9.17) is 28.8 Å². The maximum absolute atomic E-state index is 13.8. The molecule has 0 bridgehead atoms. The molecule has 162 valence electrons. The molecule has 2 aromatic carbocycles. The number of hydrogen-bond donors (Lipinski definition) is 5. The molecule has 0 spiro atoms. The van der Waals surface area contributed by atoms with Crippen LogP contribution in [0, 0.1) is 0 Å². The Morgan fingerprint density at radius 2 is 1.67 bits per heavy atom. The Hall–Kier alpha value is -2.78. The lowest BCUT2D eigenvalue weighted by atomic mass is 9.97. The van der Waals surface area contributed by atoms with Crippen LogP contribution in [0.2, 0.25) is 5.02 Å². The van der Waals surface area contributed by atoms with Gasteiger partial charge in [-0.15, -0.1) is 4.99 Å². The van der Waals surface area contributed by atoms with Crippen LogP contribution in [0.15, 0.2) is 41.4 Å². The van der Waals surface area contributed by atoms with Crippen LogP contribution >= 0.6 is 11.6 Å². The van der Waals surface area contributed by atoms with Crippen LogP contribution in [0.5, 0.6) is 0 Å². The largest absolute Gasteiger partial charge is 0.417 e. The summed E-state index contributed by atoms with van der Waals surface area (Å²) in [5.74, 6) is -0.501. The maximum Gasteiger partial charge on any atom is 0.417 e. The van der Waals surface area contributed by atoms with Crippen molar-refractivity contribution in [2.45, 2.75) is 39.0 Å². The van der Waals surface area contributed by atoms with Crippen LogP contribution in [-0.2, 0) is 12.7 Å². The summed E-state index contributed by atoms with van der Waals surface area (Å²) in [5, 5.41) is 3.22. The van der Waals surface area contributed by atoms with Gasteiger partial charge in [-0.1, -0.05) is 35.9 Å². The minimum atomic E-state index is -4.65. The monoisotopic (exact) mass is 441 g/mol. The fourth-order valence-electron chi connectivity index (χ4n) is 2.65. The van der Waals surface area contributed by atoms with Crippen molar-refractivity contribution < 1.29 is 18.2 Å². The van der Waals surface area contributed by atoms with Gasteiger partial charge in [0.2, 0.25) is 0 Å². The van der Waals surface area contributed by atoms with Crippen LogP contribution in [0.3, 0.4) is 0 Å². The highest BCUT2D eigenvalue weighted by atomic mass is 35.5. The molecule has 0 unspecified atom stereocenters. The average molecular weight is 442 g/mol. The Morgan fingerprint density at radius 3 is 2.17 bits per heavy atom. The molecule has 0 fully saturated rings. The van der Waals surface area contributed by atoms with Gasteiger partial charge in [0.1, 0.15) is 5.69 Å². The molecule has 0 aliphatic heterocycles. The number of aliphatic imine (C=N–C) groups is 1. The number of nitrogens with two attached hydrogens (primary N) is 3. The van der Waals surface area contributed by atoms with Crippen molar-refractivity contribution in [3.05, 3.63) is 52.5 Å². The van der Waals surface area contributed by atoms with E-state index in [1.165, 1.54) is 6.07 Å². The summed E-state index contributed by atoms with van der Waals surface area (Å²) in [5.41, 5.74) is 16.1. The number of nitrogens with zero attached hydrogens (tertiary/aromatic N) is 1. The van der Waals surface area contributed by atoms with E-state index in [2.05, 4.69) is 15.3 Å². The second kappa shape index (κ2) is 8.93. The quantitative estimate of drug-likeness (QED) is 0.369. The van der Waals surface area contributed by atoms with Gasteiger partial charge in [-0.25, -0.2) is 4.99 Å². The Morgan fingerprint density at radius 1 is 1.07 bits per heavy atom. The first-order valence-corrected chi connectivity index (χ1v) is 9.38. The van der Waals surface area contributed by atoms with Gasteiger partial charge in [-0.05, 0) is 44.0 Å². The Kier molecular flexibility index (Phi) is 6.99. The Bertz CT molecular complexity index is 956. The molecule has 0 heterocycles. The number of guanidine groups is 2. The third-order valence-corrected chi connectivity index (χ3v) is 4.27. The number of hydrogen-bond acceptors (Lipinski definition) is 2. The number of halogens is 4. The fourth-order valence-corrected chi connectivity index (χ4v) is 2.97. The van der Waals surface area contributed by atoms with Crippen LogP contribution < -0.4 is 27.5 Å². The summed E-state index contributed by atoms with van der Waals surface area (Å²) in [4.78, 5) is 6.15. The van der Waals surface area contributed by atoms with Gasteiger partial charge in [0.05, 0.1) is 10.6 Å². The lowest BCUT2D eigenvalue weighted by Gasteiger charge is -2.21. The minimum absolute atomic E-state index is 0.0786. The van der Waals surface area contributed by atoms with E-state index in [0.29, 0.717) is 12.1 Å². The molecule has 0 aliphatic rings. The predicted octanol–water partition coefficient (Wildman–Crippen LogP) is 2.21. The summed E-state index contributed by atoms with van der Waals surface area (Å²) < 4.78 is 41.3. The van der Waals surface area contributed by atoms with Gasteiger partial charge < -0.3 is 22.5 Å². The van der Waals surface area contributed by atoms with E-state index in [1.807, 2.05) is 20.8 Å². The van der Waals surface area contributed by atoms with Gasteiger partial charge in [-0.3, -0.25) is 0 Å². The molecule has 0 radical (unpaired) electrons. The van der Waals surface area contributed by atoms with Crippen LogP contribution in [0.4, 0.5) is 18.9 Å². The molecule has 0 aromatic heterocycles. The fraction of sp³-hybridized carbons (Fsp3) is 0.300. The lowest BCUT2D eigenvalue weighted by molar-refractivity contribution is -0.320. The highest BCUT2D eigenvalue weighted by molar-refractivity contribution is 6.33. The first-order chi connectivity index (χ1) is 13.8. The molecule has 6 nitrogen and oxygen atoms in total. The van der Waals surface area contributed by atoms with Crippen molar-refractivity contribution in [3.8, 4) is 11.1 Å². The predicted molar refractivity (Wildman–Crippen MR) is 114 cm³/mol. The second-order valence-corrected chi connectivity index (χ2v) is 8.13. The molecule has 0 aliphatic carbocycles. The second-order valence-electron chi connectivity index (χ2n) is 7.73. The zero-order valence-electron chi connectivity index (χ0n) is 16.9.